The fourth-order valence-electron chi connectivity index (χ4n) is 5.74. The van der Waals surface area contributed by atoms with E-state index in [4.69, 9.17) is 18.0 Å². The van der Waals surface area contributed by atoms with Gasteiger partial charge in [0, 0.05) is 31.0 Å². The molecule has 5 rings (SSSR count). The number of amides is 1. The number of rotatable bonds is 9. The number of terminal acetylenes is 1. The second kappa shape index (κ2) is 13.0. The monoisotopic (exact) mass is 589 g/mol. The third kappa shape index (κ3) is 6.77. The van der Waals surface area contributed by atoms with Crippen molar-refractivity contribution >= 4 is 46.3 Å². The van der Waals surface area contributed by atoms with Crippen LogP contribution in [0.2, 0.25) is 5.02 Å². The number of likely N-dealkylation sites (tertiary alicyclic amines) is 1. The average molecular weight is 590 g/mol. The Bertz CT molecular complexity index is 1480. The number of para-hydroxylation sites is 1. The van der Waals surface area contributed by atoms with Gasteiger partial charge in [0.2, 0.25) is 5.95 Å². The zero-order valence-corrected chi connectivity index (χ0v) is 24.9. The van der Waals surface area contributed by atoms with Gasteiger partial charge in [-0.05, 0) is 74.0 Å². The van der Waals surface area contributed by atoms with E-state index in [0.717, 1.165) is 38.2 Å². The summed E-state index contributed by atoms with van der Waals surface area (Å²) < 4.78 is 14.9. The summed E-state index contributed by atoms with van der Waals surface area (Å²) in [5, 5.41) is 8.92. The van der Waals surface area contributed by atoms with Crippen LogP contribution in [0.4, 0.5) is 33.2 Å². The van der Waals surface area contributed by atoms with Crippen molar-refractivity contribution < 1.29 is 9.18 Å². The molecule has 1 aromatic heterocycles. The molecule has 3 aromatic rings. The molecule has 1 fully saturated rings. The Morgan fingerprint density at radius 1 is 1.12 bits per heavy atom. The highest BCUT2D eigenvalue weighted by molar-refractivity contribution is 6.33. The van der Waals surface area contributed by atoms with Crippen LogP contribution < -0.4 is 20.9 Å². The summed E-state index contributed by atoms with van der Waals surface area (Å²) in [4.78, 5) is 26.5. The van der Waals surface area contributed by atoms with Crippen LogP contribution >= 0.6 is 11.6 Å². The zero-order chi connectivity index (χ0) is 29.7. The van der Waals surface area contributed by atoms with E-state index in [1.54, 1.807) is 0 Å². The predicted molar refractivity (Wildman–Crippen MR) is 168 cm³/mol. The Kier molecular flexibility index (Phi) is 9.15. The van der Waals surface area contributed by atoms with Gasteiger partial charge >= 0.3 is 0 Å². The molecule has 2 aromatic carbocycles. The zero-order valence-electron chi connectivity index (χ0n) is 24.1. The maximum absolute atomic E-state index is 14.9. The van der Waals surface area contributed by atoms with Crippen molar-refractivity contribution in [3.8, 4) is 12.3 Å². The topological polar surface area (TPSA) is 85.4 Å². The number of aromatic nitrogens is 2. The van der Waals surface area contributed by atoms with E-state index >= 15 is 0 Å². The van der Waals surface area contributed by atoms with Crippen molar-refractivity contribution in [2.45, 2.75) is 44.9 Å². The van der Waals surface area contributed by atoms with Crippen LogP contribution in [0.15, 0.2) is 42.6 Å². The molecule has 3 N–H and O–H groups in total. The van der Waals surface area contributed by atoms with E-state index in [1.165, 1.54) is 61.6 Å². The molecule has 0 unspecified atom stereocenters. The van der Waals surface area contributed by atoms with E-state index in [-0.39, 0.29) is 40.0 Å². The lowest BCUT2D eigenvalue weighted by Gasteiger charge is -2.30. The summed E-state index contributed by atoms with van der Waals surface area (Å²) in [7, 11) is 0. The lowest BCUT2D eigenvalue weighted by atomic mass is 9.80. The van der Waals surface area contributed by atoms with E-state index in [9.17, 15) is 9.18 Å². The number of hydrogen-bond acceptors (Lipinski definition) is 7. The molecule has 220 valence electrons. The minimum absolute atomic E-state index is 0.0186. The molecule has 0 atom stereocenters. The maximum Gasteiger partial charge on any atom is 0.254 e. The Morgan fingerprint density at radius 2 is 1.93 bits per heavy atom. The van der Waals surface area contributed by atoms with Gasteiger partial charge in [0.05, 0.1) is 24.0 Å². The van der Waals surface area contributed by atoms with Crippen LogP contribution in [0.5, 0.6) is 0 Å². The SMILES string of the molecule is C#CCNC(=O)c1cccc(F)c1Nc1nc(Nc2ccc3c(c2)N(CCN2CCCC2)CCCC3(C)C)ncc1Cl. The van der Waals surface area contributed by atoms with Gasteiger partial charge in [-0.25, -0.2) is 9.37 Å². The highest BCUT2D eigenvalue weighted by atomic mass is 35.5. The molecule has 1 amide bonds. The van der Waals surface area contributed by atoms with Crippen LogP contribution in [0.3, 0.4) is 0 Å². The molecule has 0 aliphatic carbocycles. The van der Waals surface area contributed by atoms with Gasteiger partial charge in [0.25, 0.3) is 5.91 Å². The molecule has 8 nitrogen and oxygen atoms in total. The molecule has 0 bridgehead atoms. The van der Waals surface area contributed by atoms with Crippen molar-refractivity contribution in [1.82, 2.24) is 20.2 Å². The van der Waals surface area contributed by atoms with Crippen molar-refractivity contribution in [3.63, 3.8) is 0 Å². The summed E-state index contributed by atoms with van der Waals surface area (Å²) >= 11 is 6.39. The summed E-state index contributed by atoms with van der Waals surface area (Å²) in [6.45, 7) is 10.1. The van der Waals surface area contributed by atoms with Crippen molar-refractivity contribution in [2.24, 2.45) is 0 Å². The van der Waals surface area contributed by atoms with Crippen molar-refractivity contribution in [3.05, 3.63) is 64.6 Å². The summed E-state index contributed by atoms with van der Waals surface area (Å²) in [5.41, 5.74) is 3.49. The summed E-state index contributed by atoms with van der Waals surface area (Å²) in [6, 6.07) is 10.6. The normalized spacial score (nSPS) is 16.3. The van der Waals surface area contributed by atoms with Gasteiger partial charge in [-0.3, -0.25) is 4.79 Å². The summed E-state index contributed by atoms with van der Waals surface area (Å²) in [5.74, 6) is 1.64. The highest BCUT2D eigenvalue weighted by Gasteiger charge is 2.29. The van der Waals surface area contributed by atoms with Gasteiger partial charge in [0.15, 0.2) is 5.82 Å². The number of halogens is 2. The Balaban J connectivity index is 1.40. The van der Waals surface area contributed by atoms with Gasteiger partial charge in [-0.2, -0.15) is 4.98 Å². The predicted octanol–water partition coefficient (Wildman–Crippen LogP) is 6.09. The van der Waals surface area contributed by atoms with Gasteiger partial charge < -0.3 is 25.8 Å². The maximum atomic E-state index is 14.9. The molecule has 10 heteroatoms. The number of nitrogens with one attached hydrogen (secondary N) is 3. The Hall–Kier alpha value is -3.87. The Morgan fingerprint density at radius 3 is 2.71 bits per heavy atom. The lowest BCUT2D eigenvalue weighted by molar-refractivity contribution is 0.0959. The standard InChI is InChI=1S/C32H37ClFN7O/c1-4-14-35-30(42)23-9-7-10-26(34)28(23)38-29-25(33)21-36-31(39-29)37-22-11-12-24-27(20-22)41(17-8-13-32(24,2)3)19-18-40-15-5-6-16-40/h1,7,9-12,20-21H,5-6,8,13-19H2,2-3H3,(H,35,42)(H2,36,37,38,39). The molecular formula is C32H37ClFN7O. The first-order chi connectivity index (χ1) is 20.2. The number of fused-ring (bicyclic) bond motifs is 1. The van der Waals surface area contributed by atoms with Crippen LogP contribution in [-0.4, -0.2) is 60.0 Å². The molecule has 42 heavy (non-hydrogen) atoms. The first-order valence-corrected chi connectivity index (χ1v) is 14.8. The van der Waals surface area contributed by atoms with Crippen LogP contribution in [0.1, 0.15) is 55.5 Å². The van der Waals surface area contributed by atoms with Crippen molar-refractivity contribution in [2.75, 3.05) is 54.8 Å². The van der Waals surface area contributed by atoms with Crippen LogP contribution in [0, 0.1) is 18.2 Å². The molecule has 0 saturated carbocycles. The number of anilines is 5. The molecule has 2 aliphatic rings. The number of benzene rings is 2. The van der Waals surface area contributed by atoms with E-state index in [2.05, 4.69) is 67.6 Å². The van der Waals surface area contributed by atoms with Gasteiger partial charge in [-0.15, -0.1) is 6.42 Å². The minimum atomic E-state index is -0.630. The van der Waals surface area contributed by atoms with E-state index in [0.29, 0.717) is 0 Å². The van der Waals surface area contributed by atoms with Gasteiger partial charge in [0.1, 0.15) is 10.8 Å². The fourth-order valence-corrected chi connectivity index (χ4v) is 5.88. The number of carbonyl (C=O) groups excluding carboxylic acids is 1. The smallest absolute Gasteiger partial charge is 0.254 e. The third-order valence-electron chi connectivity index (χ3n) is 8.04. The lowest BCUT2D eigenvalue weighted by Crippen LogP contribution is -2.34. The molecule has 0 spiro atoms. The average Bonchev–Trinajstić information content (AvgIpc) is 3.46. The summed E-state index contributed by atoms with van der Waals surface area (Å²) in [6.07, 6.45) is 11.5. The van der Waals surface area contributed by atoms with Gasteiger partial charge in [-0.1, -0.05) is 43.5 Å². The third-order valence-corrected chi connectivity index (χ3v) is 8.31. The highest BCUT2D eigenvalue weighted by Crippen LogP contribution is 2.40. The Labute approximate surface area is 252 Å². The molecule has 2 aliphatic heterocycles. The minimum Gasteiger partial charge on any atom is -0.370 e. The van der Waals surface area contributed by atoms with E-state index < -0.39 is 11.7 Å². The fraction of sp³-hybridized carbons (Fsp3) is 0.406. The second-order valence-corrected chi connectivity index (χ2v) is 11.9. The molecule has 3 heterocycles. The largest absolute Gasteiger partial charge is 0.370 e. The van der Waals surface area contributed by atoms with Crippen LogP contribution in [0.25, 0.3) is 0 Å². The number of nitrogens with zero attached hydrogens (tertiary/aromatic N) is 4. The second-order valence-electron chi connectivity index (χ2n) is 11.4. The first-order valence-electron chi connectivity index (χ1n) is 14.4. The molecular weight excluding hydrogens is 553 g/mol. The van der Waals surface area contributed by atoms with E-state index in [1.807, 2.05) is 6.07 Å². The quantitative estimate of drug-likeness (QED) is 0.260. The van der Waals surface area contributed by atoms with Crippen molar-refractivity contribution in [1.29, 1.82) is 0 Å². The van der Waals surface area contributed by atoms with Crippen LogP contribution in [-0.2, 0) is 5.41 Å². The molecule has 1 saturated heterocycles. The number of hydrogen-bond donors (Lipinski definition) is 3. The molecule has 0 radical (unpaired) electrons. The number of carbonyl (C=O) groups is 1. The first kappa shape index (κ1) is 29.6.